The van der Waals surface area contributed by atoms with Crippen LogP contribution < -0.4 is 18.9 Å². The summed E-state index contributed by atoms with van der Waals surface area (Å²) < 4.78 is 22.7. The molecular weight excluding hydrogens is 370 g/mol. The van der Waals surface area contributed by atoms with Crippen molar-refractivity contribution in [3.8, 4) is 23.0 Å². The first-order chi connectivity index (χ1) is 14.1. The van der Waals surface area contributed by atoms with E-state index < -0.39 is 0 Å². The monoisotopic (exact) mass is 393 g/mol. The average molecular weight is 393 g/mol. The van der Waals surface area contributed by atoms with E-state index in [2.05, 4.69) is 4.90 Å². The van der Waals surface area contributed by atoms with Crippen LogP contribution in [0.4, 0.5) is 0 Å². The molecule has 5 rings (SSSR count). The maximum atomic E-state index is 13.1. The lowest BCUT2D eigenvalue weighted by atomic mass is 10.00. The molecule has 0 unspecified atom stereocenters. The number of Topliss-reactive ketones (excluding diaryl/α,β-unsaturated/α-hetero) is 1. The second kappa shape index (κ2) is 6.81. The predicted octanol–water partition coefficient (Wildman–Crippen LogP) is 3.94. The van der Waals surface area contributed by atoms with Crippen molar-refractivity contribution in [3.63, 3.8) is 0 Å². The summed E-state index contributed by atoms with van der Waals surface area (Å²) in [5.74, 6) is 2.90. The average Bonchev–Trinajstić information content (AvgIpc) is 3.55. The van der Waals surface area contributed by atoms with Crippen LogP contribution in [0.5, 0.6) is 23.0 Å². The number of hydrogen-bond acceptors (Lipinski definition) is 6. The Labute approximate surface area is 169 Å². The van der Waals surface area contributed by atoms with Crippen molar-refractivity contribution in [2.45, 2.75) is 32.4 Å². The quantitative estimate of drug-likeness (QED) is 0.734. The lowest BCUT2D eigenvalue weighted by Gasteiger charge is -2.30. The molecule has 1 fully saturated rings. The zero-order valence-corrected chi connectivity index (χ0v) is 16.8. The summed E-state index contributed by atoms with van der Waals surface area (Å²) in [6, 6.07) is 8.00. The minimum Gasteiger partial charge on any atom is -0.497 e. The van der Waals surface area contributed by atoms with E-state index in [4.69, 9.17) is 18.9 Å². The highest BCUT2D eigenvalue weighted by atomic mass is 16.5. The second-order valence-corrected chi connectivity index (χ2v) is 7.67. The molecule has 0 aromatic heterocycles. The molecular formula is C23H23NO5. The summed E-state index contributed by atoms with van der Waals surface area (Å²) in [6.07, 6.45) is 4.17. The Hall–Kier alpha value is -2.99. The van der Waals surface area contributed by atoms with E-state index in [-0.39, 0.29) is 11.5 Å². The molecule has 0 bridgehead atoms. The van der Waals surface area contributed by atoms with Gasteiger partial charge in [-0.1, -0.05) is 0 Å². The fourth-order valence-corrected chi connectivity index (χ4v) is 4.02. The molecule has 0 radical (unpaired) electrons. The van der Waals surface area contributed by atoms with Gasteiger partial charge in [0.25, 0.3) is 0 Å². The van der Waals surface area contributed by atoms with Crippen LogP contribution in [0.15, 0.2) is 30.0 Å². The van der Waals surface area contributed by atoms with Gasteiger partial charge in [-0.3, -0.25) is 9.69 Å². The van der Waals surface area contributed by atoms with Gasteiger partial charge >= 0.3 is 0 Å². The molecule has 0 atom stereocenters. The summed E-state index contributed by atoms with van der Waals surface area (Å²) >= 11 is 0. The van der Waals surface area contributed by atoms with E-state index in [1.54, 1.807) is 26.4 Å². The van der Waals surface area contributed by atoms with E-state index >= 15 is 0 Å². The summed E-state index contributed by atoms with van der Waals surface area (Å²) in [7, 11) is 3.19. The van der Waals surface area contributed by atoms with Crippen molar-refractivity contribution in [1.29, 1.82) is 0 Å². The van der Waals surface area contributed by atoms with Crippen molar-refractivity contribution >= 4 is 11.9 Å². The van der Waals surface area contributed by atoms with Crippen LogP contribution in [0.1, 0.15) is 39.9 Å². The van der Waals surface area contributed by atoms with Crippen LogP contribution in [-0.2, 0) is 6.54 Å². The number of benzene rings is 2. The standard InChI is InChI=1S/C23H23NO5/c1-13-22-15(11-24(12-28-22)16-5-6-16)8-18-21(25)20(29-23(13)18)9-14-4-7-17(26-2)10-19(14)27-3/h4,7-10,16H,5-6,11-12H2,1-3H3/b20-9-. The fraction of sp³-hybridized carbons (Fsp3) is 0.348. The number of carbonyl (C=O) groups is 1. The summed E-state index contributed by atoms with van der Waals surface area (Å²) in [4.78, 5) is 15.4. The molecule has 2 heterocycles. The molecule has 2 aromatic carbocycles. The van der Waals surface area contributed by atoms with Gasteiger partial charge in [0.2, 0.25) is 5.78 Å². The molecule has 1 aliphatic carbocycles. The fourth-order valence-electron chi connectivity index (χ4n) is 4.02. The van der Waals surface area contributed by atoms with E-state index in [0.29, 0.717) is 35.6 Å². The zero-order chi connectivity index (χ0) is 20.1. The number of hydrogen-bond donors (Lipinski definition) is 0. The molecule has 2 aliphatic heterocycles. The van der Waals surface area contributed by atoms with Crippen molar-refractivity contribution < 1.29 is 23.7 Å². The Bertz CT molecular complexity index is 1040. The highest BCUT2D eigenvalue weighted by molar-refractivity contribution is 6.15. The van der Waals surface area contributed by atoms with E-state index in [1.165, 1.54) is 12.8 Å². The van der Waals surface area contributed by atoms with Crippen LogP contribution >= 0.6 is 0 Å². The number of ether oxygens (including phenoxy) is 4. The molecule has 6 heteroatoms. The highest BCUT2D eigenvalue weighted by Gasteiger charge is 2.36. The first kappa shape index (κ1) is 18.1. The first-order valence-electron chi connectivity index (χ1n) is 9.78. The summed E-state index contributed by atoms with van der Waals surface area (Å²) in [5.41, 5.74) is 3.29. The van der Waals surface area contributed by atoms with Crippen molar-refractivity contribution in [2.75, 3.05) is 21.0 Å². The van der Waals surface area contributed by atoms with Crippen LogP contribution in [0.3, 0.4) is 0 Å². The maximum absolute atomic E-state index is 13.1. The van der Waals surface area contributed by atoms with Crippen LogP contribution in [-0.4, -0.2) is 37.7 Å². The number of rotatable bonds is 4. The number of allylic oxidation sites excluding steroid dienone is 1. The molecule has 0 amide bonds. The molecule has 3 aliphatic rings. The Morgan fingerprint density at radius 3 is 2.69 bits per heavy atom. The summed E-state index contributed by atoms with van der Waals surface area (Å²) in [5, 5.41) is 0. The van der Waals surface area contributed by atoms with Gasteiger partial charge in [0.05, 0.1) is 19.8 Å². The van der Waals surface area contributed by atoms with Gasteiger partial charge in [-0.25, -0.2) is 0 Å². The maximum Gasteiger partial charge on any atom is 0.231 e. The normalized spacial score (nSPS) is 19.4. The smallest absolute Gasteiger partial charge is 0.231 e. The van der Waals surface area contributed by atoms with E-state index in [0.717, 1.165) is 29.0 Å². The van der Waals surface area contributed by atoms with E-state index in [1.807, 2.05) is 25.1 Å². The molecule has 150 valence electrons. The van der Waals surface area contributed by atoms with E-state index in [9.17, 15) is 4.79 Å². The van der Waals surface area contributed by atoms with Gasteiger partial charge in [0, 0.05) is 35.3 Å². The molecule has 1 saturated carbocycles. The largest absolute Gasteiger partial charge is 0.497 e. The van der Waals surface area contributed by atoms with Gasteiger partial charge in [0.15, 0.2) is 5.76 Å². The van der Waals surface area contributed by atoms with Gasteiger partial charge in [-0.05, 0) is 44.0 Å². The number of methoxy groups -OCH3 is 2. The highest BCUT2D eigenvalue weighted by Crippen LogP contribution is 2.44. The lowest BCUT2D eigenvalue weighted by Crippen LogP contribution is -2.34. The van der Waals surface area contributed by atoms with Gasteiger partial charge < -0.3 is 18.9 Å². The Morgan fingerprint density at radius 2 is 1.97 bits per heavy atom. The topological polar surface area (TPSA) is 57.2 Å². The Morgan fingerprint density at radius 1 is 1.14 bits per heavy atom. The van der Waals surface area contributed by atoms with Crippen LogP contribution in [0.25, 0.3) is 6.08 Å². The molecule has 0 N–H and O–H groups in total. The molecule has 6 nitrogen and oxygen atoms in total. The van der Waals surface area contributed by atoms with Crippen LogP contribution in [0, 0.1) is 6.92 Å². The predicted molar refractivity (Wildman–Crippen MR) is 108 cm³/mol. The zero-order valence-electron chi connectivity index (χ0n) is 16.8. The molecule has 0 spiro atoms. The first-order valence-corrected chi connectivity index (χ1v) is 9.78. The second-order valence-electron chi connectivity index (χ2n) is 7.67. The molecule has 0 saturated heterocycles. The minimum absolute atomic E-state index is 0.118. The van der Waals surface area contributed by atoms with Gasteiger partial charge in [0.1, 0.15) is 29.7 Å². The summed E-state index contributed by atoms with van der Waals surface area (Å²) in [6.45, 7) is 3.36. The Balaban J connectivity index is 1.50. The third-order valence-electron chi connectivity index (χ3n) is 5.76. The minimum atomic E-state index is -0.118. The number of carbonyl (C=O) groups excluding carboxylic acids is 1. The Kier molecular flexibility index (Phi) is 4.24. The number of nitrogens with zero attached hydrogens (tertiary/aromatic N) is 1. The number of ketones is 1. The van der Waals surface area contributed by atoms with Gasteiger partial charge in [-0.15, -0.1) is 0 Å². The third-order valence-corrected chi connectivity index (χ3v) is 5.76. The lowest BCUT2D eigenvalue weighted by molar-refractivity contribution is 0.0872. The SMILES string of the molecule is COc1ccc(/C=C2\Oc3c(cc4c(c3C)OCN(C3CC3)C4)C2=O)c(OC)c1. The van der Waals surface area contributed by atoms with Crippen molar-refractivity contribution in [3.05, 3.63) is 52.3 Å². The van der Waals surface area contributed by atoms with Gasteiger partial charge in [-0.2, -0.15) is 0 Å². The molecule has 29 heavy (non-hydrogen) atoms. The van der Waals surface area contributed by atoms with Crippen LogP contribution in [0.2, 0.25) is 0 Å². The van der Waals surface area contributed by atoms with Crippen molar-refractivity contribution in [2.24, 2.45) is 0 Å². The third kappa shape index (κ3) is 3.04. The molecule has 2 aromatic rings. The number of fused-ring (bicyclic) bond motifs is 2. The van der Waals surface area contributed by atoms with Crippen molar-refractivity contribution in [1.82, 2.24) is 4.90 Å².